The number of methoxy groups -OCH3 is 1. The fraction of sp³-hybridized carbons (Fsp3) is 0.259. The number of fused-ring (bicyclic) bond motifs is 1. The van der Waals surface area contributed by atoms with Gasteiger partial charge in [-0.25, -0.2) is 9.97 Å². The standard InChI is InChI=1S/C27H29N5O/c1-19-5-3-4-6-21(19)18-30-27-29-10-9-25(31-27)22-15-20-7-8-23(33-2)17-24(20)26(16-22)32-13-11-28-12-14-32/h3-10,15-17,28H,11-14,18H2,1-2H3,(H,29,30,31). The maximum atomic E-state index is 5.51. The van der Waals surface area contributed by atoms with E-state index >= 15 is 0 Å². The second-order valence-corrected chi connectivity index (χ2v) is 8.37. The number of aromatic nitrogens is 2. The number of nitrogens with one attached hydrogen (secondary N) is 2. The Morgan fingerprint density at radius 3 is 2.70 bits per heavy atom. The molecule has 2 heterocycles. The van der Waals surface area contributed by atoms with E-state index in [9.17, 15) is 0 Å². The molecule has 1 saturated heterocycles. The molecule has 33 heavy (non-hydrogen) atoms. The van der Waals surface area contributed by atoms with E-state index in [1.807, 2.05) is 18.3 Å². The number of ether oxygens (including phenoxy) is 1. The van der Waals surface area contributed by atoms with Crippen LogP contribution in [0.4, 0.5) is 11.6 Å². The van der Waals surface area contributed by atoms with Crippen molar-refractivity contribution in [1.29, 1.82) is 0 Å². The van der Waals surface area contributed by atoms with Crippen molar-refractivity contribution in [2.75, 3.05) is 43.5 Å². The molecular formula is C27H29N5O. The van der Waals surface area contributed by atoms with Crippen molar-refractivity contribution in [2.24, 2.45) is 0 Å². The first-order chi connectivity index (χ1) is 16.2. The van der Waals surface area contributed by atoms with E-state index < -0.39 is 0 Å². The Bertz CT molecular complexity index is 1270. The summed E-state index contributed by atoms with van der Waals surface area (Å²) in [7, 11) is 1.71. The first-order valence-electron chi connectivity index (χ1n) is 11.4. The summed E-state index contributed by atoms with van der Waals surface area (Å²) in [5.41, 5.74) is 5.71. The van der Waals surface area contributed by atoms with Crippen LogP contribution >= 0.6 is 0 Å². The summed E-state index contributed by atoms with van der Waals surface area (Å²) < 4.78 is 5.51. The topological polar surface area (TPSA) is 62.3 Å². The molecule has 0 aliphatic carbocycles. The molecule has 4 aromatic rings. The van der Waals surface area contributed by atoms with E-state index in [2.05, 4.69) is 76.0 Å². The molecule has 0 bridgehead atoms. The van der Waals surface area contributed by atoms with Gasteiger partial charge in [0, 0.05) is 55.6 Å². The van der Waals surface area contributed by atoms with Crippen LogP contribution in [0.15, 0.2) is 66.9 Å². The summed E-state index contributed by atoms with van der Waals surface area (Å²) in [6.07, 6.45) is 1.82. The molecule has 0 spiro atoms. The Hall–Kier alpha value is -3.64. The van der Waals surface area contributed by atoms with Crippen LogP contribution in [-0.4, -0.2) is 43.3 Å². The van der Waals surface area contributed by atoms with Crippen LogP contribution < -0.4 is 20.3 Å². The van der Waals surface area contributed by atoms with Gasteiger partial charge >= 0.3 is 0 Å². The minimum atomic E-state index is 0.634. The largest absolute Gasteiger partial charge is 0.497 e. The van der Waals surface area contributed by atoms with Crippen LogP contribution in [-0.2, 0) is 6.54 Å². The van der Waals surface area contributed by atoms with Gasteiger partial charge in [-0.15, -0.1) is 0 Å². The highest BCUT2D eigenvalue weighted by Gasteiger charge is 2.16. The molecule has 1 aliphatic heterocycles. The van der Waals surface area contributed by atoms with Crippen molar-refractivity contribution in [3.63, 3.8) is 0 Å². The van der Waals surface area contributed by atoms with Crippen molar-refractivity contribution in [3.8, 4) is 17.0 Å². The van der Waals surface area contributed by atoms with Gasteiger partial charge in [0.15, 0.2) is 0 Å². The van der Waals surface area contributed by atoms with Crippen LogP contribution in [0, 0.1) is 6.92 Å². The Morgan fingerprint density at radius 2 is 1.88 bits per heavy atom. The minimum absolute atomic E-state index is 0.634. The molecule has 3 aromatic carbocycles. The number of hydrogen-bond donors (Lipinski definition) is 2. The van der Waals surface area contributed by atoms with E-state index in [4.69, 9.17) is 9.72 Å². The minimum Gasteiger partial charge on any atom is -0.497 e. The van der Waals surface area contributed by atoms with E-state index in [0.717, 1.165) is 43.2 Å². The second-order valence-electron chi connectivity index (χ2n) is 8.37. The van der Waals surface area contributed by atoms with Gasteiger partial charge in [0.1, 0.15) is 5.75 Å². The SMILES string of the molecule is COc1ccc2cc(-c3ccnc(NCc4ccccc4C)n3)cc(N3CCNCC3)c2c1. The summed E-state index contributed by atoms with van der Waals surface area (Å²) in [5, 5.41) is 9.21. The Morgan fingerprint density at radius 1 is 1.03 bits per heavy atom. The molecule has 6 nitrogen and oxygen atoms in total. The lowest BCUT2D eigenvalue weighted by atomic mass is 10.0. The Labute approximate surface area is 194 Å². The number of hydrogen-bond acceptors (Lipinski definition) is 6. The van der Waals surface area contributed by atoms with Crippen molar-refractivity contribution in [3.05, 3.63) is 78.0 Å². The second kappa shape index (κ2) is 9.46. The zero-order valence-electron chi connectivity index (χ0n) is 19.1. The molecule has 168 valence electrons. The fourth-order valence-electron chi connectivity index (χ4n) is 4.35. The fourth-order valence-corrected chi connectivity index (χ4v) is 4.35. The number of benzene rings is 3. The Kier molecular flexibility index (Phi) is 6.09. The summed E-state index contributed by atoms with van der Waals surface area (Å²) in [5.74, 6) is 1.51. The van der Waals surface area contributed by atoms with Crippen LogP contribution in [0.3, 0.4) is 0 Å². The number of piperazine rings is 1. The molecule has 5 rings (SSSR count). The van der Waals surface area contributed by atoms with Gasteiger partial charge in [-0.3, -0.25) is 0 Å². The van der Waals surface area contributed by atoms with Crippen molar-refractivity contribution < 1.29 is 4.74 Å². The van der Waals surface area contributed by atoms with Crippen molar-refractivity contribution in [2.45, 2.75) is 13.5 Å². The maximum absolute atomic E-state index is 5.51. The summed E-state index contributed by atoms with van der Waals surface area (Å²) >= 11 is 0. The molecule has 6 heteroatoms. The highest BCUT2D eigenvalue weighted by Crippen LogP contribution is 2.35. The highest BCUT2D eigenvalue weighted by atomic mass is 16.5. The van der Waals surface area contributed by atoms with Crippen LogP contribution in [0.1, 0.15) is 11.1 Å². The summed E-state index contributed by atoms with van der Waals surface area (Å²) in [6.45, 7) is 6.73. The molecule has 0 amide bonds. The van der Waals surface area contributed by atoms with Gasteiger partial charge in [-0.1, -0.05) is 30.3 Å². The lowest BCUT2D eigenvalue weighted by molar-refractivity contribution is 0.415. The maximum Gasteiger partial charge on any atom is 0.223 e. The molecule has 2 N–H and O–H groups in total. The molecule has 0 radical (unpaired) electrons. The third-order valence-electron chi connectivity index (χ3n) is 6.25. The van der Waals surface area contributed by atoms with Crippen molar-refractivity contribution in [1.82, 2.24) is 15.3 Å². The van der Waals surface area contributed by atoms with E-state index in [1.54, 1.807) is 7.11 Å². The summed E-state index contributed by atoms with van der Waals surface area (Å²) in [6, 6.07) is 21.1. The average molecular weight is 440 g/mol. The number of anilines is 2. The van der Waals surface area contributed by atoms with E-state index in [-0.39, 0.29) is 0 Å². The molecule has 1 aliphatic rings. The normalized spacial score (nSPS) is 13.8. The van der Waals surface area contributed by atoms with Gasteiger partial charge in [0.25, 0.3) is 0 Å². The predicted octanol–water partition coefficient (Wildman–Crippen LogP) is 4.64. The monoisotopic (exact) mass is 439 g/mol. The van der Waals surface area contributed by atoms with Gasteiger partial charge in [0.2, 0.25) is 5.95 Å². The van der Waals surface area contributed by atoms with Crippen LogP contribution in [0.2, 0.25) is 0 Å². The zero-order chi connectivity index (χ0) is 22.6. The molecule has 0 unspecified atom stereocenters. The molecule has 1 aromatic heterocycles. The molecule has 0 saturated carbocycles. The van der Waals surface area contributed by atoms with E-state index in [0.29, 0.717) is 12.5 Å². The molecule has 1 fully saturated rings. The third-order valence-corrected chi connectivity index (χ3v) is 6.25. The Balaban J connectivity index is 1.50. The lowest BCUT2D eigenvalue weighted by Gasteiger charge is -2.31. The average Bonchev–Trinajstić information content (AvgIpc) is 2.88. The quantitative estimate of drug-likeness (QED) is 0.457. The first-order valence-corrected chi connectivity index (χ1v) is 11.4. The third kappa shape index (κ3) is 4.61. The number of nitrogens with zero attached hydrogens (tertiary/aromatic N) is 3. The van der Waals surface area contributed by atoms with Gasteiger partial charge < -0.3 is 20.3 Å². The lowest BCUT2D eigenvalue weighted by Crippen LogP contribution is -2.43. The van der Waals surface area contributed by atoms with Gasteiger partial charge in [0.05, 0.1) is 12.8 Å². The molecular weight excluding hydrogens is 410 g/mol. The number of rotatable bonds is 6. The highest BCUT2D eigenvalue weighted by molar-refractivity contribution is 5.98. The predicted molar refractivity (Wildman–Crippen MR) is 135 cm³/mol. The first kappa shape index (κ1) is 21.2. The van der Waals surface area contributed by atoms with Gasteiger partial charge in [-0.05, 0) is 53.8 Å². The smallest absolute Gasteiger partial charge is 0.223 e. The van der Waals surface area contributed by atoms with Crippen molar-refractivity contribution >= 4 is 22.4 Å². The molecule has 0 atom stereocenters. The summed E-state index contributed by atoms with van der Waals surface area (Å²) in [4.78, 5) is 11.7. The number of aryl methyl sites for hydroxylation is 1. The van der Waals surface area contributed by atoms with Gasteiger partial charge in [-0.2, -0.15) is 0 Å². The zero-order valence-corrected chi connectivity index (χ0v) is 19.1. The van der Waals surface area contributed by atoms with E-state index in [1.165, 1.54) is 27.6 Å². The van der Waals surface area contributed by atoms with Crippen LogP contribution in [0.5, 0.6) is 5.75 Å². The van der Waals surface area contributed by atoms with Crippen LogP contribution in [0.25, 0.3) is 22.0 Å².